The molecule has 1 aromatic heterocycles. The van der Waals surface area contributed by atoms with Gasteiger partial charge in [-0.3, -0.25) is 14.2 Å². The van der Waals surface area contributed by atoms with Gasteiger partial charge in [0.2, 0.25) is 5.91 Å². The monoisotopic (exact) mass is 560 g/mol. The average molecular weight is 562 g/mol. The predicted octanol–water partition coefficient (Wildman–Crippen LogP) is 6.62. The molecule has 0 spiro atoms. The Bertz CT molecular complexity index is 1270. The molecule has 2 aliphatic carbocycles. The Morgan fingerprint density at radius 2 is 1.82 bits per heavy atom. The number of carbonyl (C=O) groups is 1. The van der Waals surface area contributed by atoms with Gasteiger partial charge in [-0.25, -0.2) is 0 Å². The maximum atomic E-state index is 13.1. The third kappa shape index (κ3) is 3.91. The number of halogens is 2. The highest BCUT2D eigenvalue weighted by Gasteiger charge is 2.55. The Kier molecular flexibility index (Phi) is 5.72. The van der Waals surface area contributed by atoms with Crippen LogP contribution in [0.1, 0.15) is 35.6 Å². The average Bonchev–Trinajstić information content (AvgIpc) is 3.49. The van der Waals surface area contributed by atoms with E-state index in [1.807, 2.05) is 11.8 Å². The van der Waals surface area contributed by atoms with Crippen LogP contribution in [0.5, 0.6) is 0 Å². The molecule has 2 fully saturated rings. The first-order valence-corrected chi connectivity index (χ1v) is 14.1. The smallest absolute Gasteiger partial charge is 0.308 e. The molecule has 1 amide bonds. The third-order valence-electron chi connectivity index (χ3n) is 7.35. The van der Waals surface area contributed by atoms with E-state index < -0.39 is 0 Å². The lowest BCUT2D eigenvalue weighted by Gasteiger charge is -2.40. The van der Waals surface area contributed by atoms with Crippen molar-refractivity contribution in [2.45, 2.75) is 42.0 Å². The summed E-state index contributed by atoms with van der Waals surface area (Å²) in [6.07, 6.45) is 3.88. The Labute approximate surface area is 213 Å². The van der Waals surface area contributed by atoms with Gasteiger partial charge in [0, 0.05) is 31.2 Å². The second kappa shape index (κ2) is 8.59. The Morgan fingerprint density at radius 1 is 1.09 bits per heavy atom. The van der Waals surface area contributed by atoms with E-state index in [4.69, 9.17) is 11.6 Å². The van der Waals surface area contributed by atoms with Crippen LogP contribution in [0.15, 0.2) is 62.8 Å². The van der Waals surface area contributed by atoms with E-state index in [0.29, 0.717) is 27.8 Å². The van der Waals surface area contributed by atoms with Gasteiger partial charge in [-0.2, -0.15) is 0 Å². The first-order valence-electron chi connectivity index (χ1n) is 11.2. The molecule has 2 bridgehead atoms. The number of nitrogens with one attached hydrogen (secondary N) is 1. The molecule has 8 heteroatoms. The number of anilines is 1. The van der Waals surface area contributed by atoms with Gasteiger partial charge in [-0.1, -0.05) is 51.0 Å². The fraction of sp³-hybridized carbons (Fsp3) is 0.360. The van der Waals surface area contributed by atoms with E-state index in [1.54, 1.807) is 28.8 Å². The zero-order valence-electron chi connectivity index (χ0n) is 17.7. The Balaban J connectivity index is 1.36. The summed E-state index contributed by atoms with van der Waals surface area (Å²) in [5.41, 5.74) is 1.96. The molecule has 0 radical (unpaired) electrons. The molecule has 2 aromatic carbocycles. The molecule has 2 saturated carbocycles. The lowest BCUT2D eigenvalue weighted by molar-refractivity contribution is -0.116. The molecule has 3 aromatic rings. The minimum atomic E-state index is -0.198. The SMILES string of the molecule is O=C(Cn1c2c(sc1=O)C(c1ccc(Br)cc1)C1C3CCC(C3)C1S2)Nc1ccc(Cl)cc1. The summed E-state index contributed by atoms with van der Waals surface area (Å²) < 4.78 is 2.76. The van der Waals surface area contributed by atoms with Crippen molar-refractivity contribution in [1.82, 2.24) is 4.57 Å². The first kappa shape index (κ1) is 22.0. The van der Waals surface area contributed by atoms with E-state index in [9.17, 15) is 9.59 Å². The van der Waals surface area contributed by atoms with Crippen LogP contribution in [0.3, 0.4) is 0 Å². The number of rotatable bonds is 4. The maximum Gasteiger partial charge on any atom is 0.308 e. The third-order valence-corrected chi connectivity index (χ3v) is 11.0. The minimum Gasteiger partial charge on any atom is -0.325 e. The van der Waals surface area contributed by atoms with E-state index in [1.165, 1.54) is 36.2 Å². The van der Waals surface area contributed by atoms with Crippen LogP contribution in [0.25, 0.3) is 0 Å². The molecular formula is C25H22BrClN2O2S2. The second-order valence-electron chi connectivity index (χ2n) is 9.20. The van der Waals surface area contributed by atoms with Crippen molar-refractivity contribution in [3.05, 3.63) is 78.1 Å². The van der Waals surface area contributed by atoms with E-state index in [2.05, 4.69) is 45.5 Å². The lowest BCUT2D eigenvalue weighted by atomic mass is 9.75. The Morgan fingerprint density at radius 3 is 2.58 bits per heavy atom. The molecule has 0 saturated heterocycles. The van der Waals surface area contributed by atoms with Crippen LogP contribution in [0.4, 0.5) is 5.69 Å². The van der Waals surface area contributed by atoms with Crippen molar-refractivity contribution in [3.63, 3.8) is 0 Å². The number of fused-ring (bicyclic) bond motifs is 6. The van der Waals surface area contributed by atoms with Crippen molar-refractivity contribution in [2.75, 3.05) is 5.32 Å². The van der Waals surface area contributed by atoms with Crippen molar-refractivity contribution in [1.29, 1.82) is 0 Å². The standard InChI is InChI=1S/C25H22BrClN2O2S2/c26-16-5-3-13(4-6-16)20-21-14-1-2-15(11-14)22(21)32-24-23(20)33-25(31)29(24)12-19(30)28-18-9-7-17(27)8-10-18/h3-10,14-15,20-22H,1-2,11-12H2,(H,28,30). The molecule has 5 unspecified atom stereocenters. The zero-order chi connectivity index (χ0) is 22.7. The van der Waals surface area contributed by atoms with Crippen LogP contribution >= 0.6 is 50.6 Å². The van der Waals surface area contributed by atoms with E-state index >= 15 is 0 Å². The van der Waals surface area contributed by atoms with E-state index in [0.717, 1.165) is 20.3 Å². The molecule has 170 valence electrons. The van der Waals surface area contributed by atoms with Crippen LogP contribution < -0.4 is 10.2 Å². The molecule has 4 nitrogen and oxygen atoms in total. The molecule has 33 heavy (non-hydrogen) atoms. The molecule has 2 heterocycles. The molecule has 6 rings (SSSR count). The van der Waals surface area contributed by atoms with Crippen molar-refractivity contribution < 1.29 is 4.79 Å². The van der Waals surface area contributed by atoms with Crippen molar-refractivity contribution in [2.24, 2.45) is 17.8 Å². The fourth-order valence-corrected chi connectivity index (χ4v) is 9.55. The summed E-state index contributed by atoms with van der Waals surface area (Å²) in [6.45, 7) is 0.0266. The number of amides is 1. The maximum absolute atomic E-state index is 13.1. The summed E-state index contributed by atoms with van der Waals surface area (Å²) in [5.74, 6) is 2.04. The summed E-state index contributed by atoms with van der Waals surface area (Å²) in [7, 11) is 0. The molecule has 3 aliphatic rings. The summed E-state index contributed by atoms with van der Waals surface area (Å²) >= 11 is 12.7. The number of hydrogen-bond donors (Lipinski definition) is 1. The number of hydrogen-bond acceptors (Lipinski definition) is 4. The topological polar surface area (TPSA) is 51.1 Å². The normalized spacial score (nSPS) is 27.3. The summed E-state index contributed by atoms with van der Waals surface area (Å²) in [4.78, 5) is 27.1. The largest absolute Gasteiger partial charge is 0.325 e. The van der Waals surface area contributed by atoms with Gasteiger partial charge in [0.15, 0.2) is 0 Å². The number of thioether (sulfide) groups is 1. The van der Waals surface area contributed by atoms with Crippen LogP contribution in [-0.4, -0.2) is 15.7 Å². The minimum absolute atomic E-state index is 0.0266. The number of thiazole rings is 1. The quantitative estimate of drug-likeness (QED) is 0.390. The Hall–Kier alpha value is -1.54. The number of aromatic nitrogens is 1. The number of benzene rings is 2. The van der Waals surface area contributed by atoms with E-state index in [-0.39, 0.29) is 23.2 Å². The second-order valence-corrected chi connectivity index (χ2v) is 12.7. The van der Waals surface area contributed by atoms with Crippen molar-refractivity contribution >= 4 is 62.2 Å². The zero-order valence-corrected chi connectivity index (χ0v) is 21.6. The highest BCUT2D eigenvalue weighted by atomic mass is 79.9. The molecule has 1 aliphatic heterocycles. The van der Waals surface area contributed by atoms with Gasteiger partial charge >= 0.3 is 4.87 Å². The van der Waals surface area contributed by atoms with Gasteiger partial charge in [-0.15, -0.1) is 11.8 Å². The van der Waals surface area contributed by atoms with Gasteiger partial charge in [0.25, 0.3) is 0 Å². The number of carbonyl (C=O) groups excluding carboxylic acids is 1. The molecule has 1 N–H and O–H groups in total. The molecular weight excluding hydrogens is 540 g/mol. The van der Waals surface area contributed by atoms with Gasteiger partial charge in [0.1, 0.15) is 6.54 Å². The van der Waals surface area contributed by atoms with Crippen LogP contribution in [0.2, 0.25) is 5.02 Å². The van der Waals surface area contributed by atoms with Gasteiger partial charge in [0.05, 0.1) is 5.03 Å². The van der Waals surface area contributed by atoms with Crippen molar-refractivity contribution in [3.8, 4) is 0 Å². The van der Waals surface area contributed by atoms with Crippen LogP contribution in [0, 0.1) is 17.8 Å². The number of nitrogens with zero attached hydrogens (tertiary/aromatic N) is 1. The summed E-state index contributed by atoms with van der Waals surface area (Å²) in [6, 6.07) is 15.6. The van der Waals surface area contributed by atoms with Gasteiger partial charge in [-0.05, 0) is 79.0 Å². The lowest BCUT2D eigenvalue weighted by Crippen LogP contribution is -2.34. The highest BCUT2D eigenvalue weighted by molar-refractivity contribution is 9.10. The first-order chi connectivity index (χ1) is 16.0. The molecule has 5 atom stereocenters. The summed E-state index contributed by atoms with van der Waals surface area (Å²) in [5, 5.41) is 5.03. The predicted molar refractivity (Wildman–Crippen MR) is 139 cm³/mol. The van der Waals surface area contributed by atoms with Gasteiger partial charge < -0.3 is 5.32 Å². The highest BCUT2D eigenvalue weighted by Crippen LogP contribution is 2.64. The fourth-order valence-electron chi connectivity index (χ4n) is 6.01. The van der Waals surface area contributed by atoms with Crippen LogP contribution in [-0.2, 0) is 11.3 Å².